The predicted molar refractivity (Wildman–Crippen MR) is 96.0 cm³/mol. The number of nitrogens with one attached hydrogen (secondary N) is 1. The Balaban J connectivity index is 2.22. The molecule has 2 aromatic rings. The number of carbonyl (C=O) groups excluding carboxylic acids is 1. The van der Waals surface area contributed by atoms with Gasteiger partial charge in [-0.2, -0.15) is 0 Å². The minimum absolute atomic E-state index is 0.00436. The summed E-state index contributed by atoms with van der Waals surface area (Å²) in [5, 5.41) is 3.26. The Hall–Kier alpha value is -1.64. The molecule has 9 heteroatoms. The third-order valence-corrected chi connectivity index (χ3v) is 5.81. The van der Waals surface area contributed by atoms with Crippen LogP contribution in [-0.2, 0) is 21.4 Å². The summed E-state index contributed by atoms with van der Waals surface area (Å²) in [5.74, 6) is -0.437. The second-order valence-electron chi connectivity index (χ2n) is 5.06. The Morgan fingerprint density at radius 2 is 1.92 bits per heavy atom. The molecule has 0 bridgehead atoms. The second kappa shape index (κ2) is 8.16. The number of hydrogen-bond donors (Lipinski definition) is 1. The quantitative estimate of drug-likeness (QED) is 0.753. The summed E-state index contributed by atoms with van der Waals surface area (Å²) in [4.78, 5) is 16.8. The number of amides is 1. The van der Waals surface area contributed by atoms with E-state index in [4.69, 9.17) is 28.0 Å². The molecule has 2 aromatic carbocycles. The Morgan fingerprint density at radius 1 is 1.20 bits per heavy atom. The maximum atomic E-state index is 12.3. The van der Waals surface area contributed by atoms with E-state index in [2.05, 4.69) is 5.32 Å². The van der Waals surface area contributed by atoms with Crippen LogP contribution in [0.3, 0.4) is 0 Å². The first-order chi connectivity index (χ1) is 11.8. The van der Waals surface area contributed by atoms with Gasteiger partial charge >= 0.3 is 0 Å². The molecule has 0 radical (unpaired) electrons. The van der Waals surface area contributed by atoms with Crippen LogP contribution >= 0.6 is 23.2 Å². The summed E-state index contributed by atoms with van der Waals surface area (Å²) < 4.78 is 25.4. The lowest BCUT2D eigenvalue weighted by Crippen LogP contribution is -2.27. The van der Waals surface area contributed by atoms with Crippen LogP contribution in [0.15, 0.2) is 47.4 Å². The van der Waals surface area contributed by atoms with Crippen molar-refractivity contribution in [3.05, 3.63) is 63.6 Å². The predicted octanol–water partition coefficient (Wildman–Crippen LogP) is 3.11. The minimum Gasteiger partial charge on any atom is -0.348 e. The number of rotatable bonds is 6. The second-order valence-corrected chi connectivity index (χ2v) is 7.80. The molecule has 0 unspecified atom stereocenters. The maximum absolute atomic E-state index is 12.3. The number of benzene rings is 2. The molecular formula is C16H16Cl2N2O4S. The fraction of sp³-hybridized carbons (Fsp3) is 0.188. The first-order valence-electron chi connectivity index (χ1n) is 7.11. The number of hydroxylamine groups is 1. The molecule has 0 saturated heterocycles. The van der Waals surface area contributed by atoms with Gasteiger partial charge in [0.25, 0.3) is 15.9 Å². The molecule has 0 aliphatic rings. The summed E-state index contributed by atoms with van der Waals surface area (Å²) in [6.07, 6.45) is 0. The zero-order valence-electron chi connectivity index (χ0n) is 13.5. The highest BCUT2D eigenvalue weighted by atomic mass is 35.5. The standard InChI is InChI=1S/C16H16Cl2N2O4S/c1-20(24-2)25(22,23)15-9-12(6-7-14(15)18)16(21)19-10-11-4-3-5-13(17)8-11/h3-9H,10H2,1-2H3,(H,19,21). The molecule has 0 spiro atoms. The molecule has 6 nitrogen and oxygen atoms in total. The van der Waals surface area contributed by atoms with Crippen molar-refractivity contribution in [3.63, 3.8) is 0 Å². The fourth-order valence-corrected chi connectivity index (χ4v) is 3.70. The van der Waals surface area contributed by atoms with Gasteiger partial charge < -0.3 is 5.32 Å². The van der Waals surface area contributed by atoms with Gasteiger partial charge in [-0.3, -0.25) is 9.63 Å². The van der Waals surface area contributed by atoms with Crippen molar-refractivity contribution in [2.75, 3.05) is 14.2 Å². The molecule has 1 N–H and O–H groups in total. The van der Waals surface area contributed by atoms with Crippen LogP contribution < -0.4 is 5.32 Å². The van der Waals surface area contributed by atoms with Crippen molar-refractivity contribution in [1.82, 2.24) is 9.79 Å². The Bertz CT molecular complexity index is 887. The molecule has 2 rings (SSSR count). The summed E-state index contributed by atoms with van der Waals surface area (Å²) in [7, 11) is -1.52. The van der Waals surface area contributed by atoms with Crippen LogP contribution in [-0.4, -0.2) is 33.0 Å². The zero-order valence-corrected chi connectivity index (χ0v) is 15.8. The molecule has 0 atom stereocenters. The van der Waals surface area contributed by atoms with Crippen molar-refractivity contribution in [3.8, 4) is 0 Å². The van der Waals surface area contributed by atoms with Crippen LogP contribution in [0.25, 0.3) is 0 Å². The van der Waals surface area contributed by atoms with Crippen LogP contribution in [0.1, 0.15) is 15.9 Å². The average molecular weight is 403 g/mol. The minimum atomic E-state index is -3.97. The third kappa shape index (κ3) is 4.71. The van der Waals surface area contributed by atoms with Crippen LogP contribution in [0.5, 0.6) is 0 Å². The molecule has 134 valence electrons. The highest BCUT2D eigenvalue weighted by Gasteiger charge is 2.25. The number of carbonyl (C=O) groups is 1. The first kappa shape index (κ1) is 19.7. The SMILES string of the molecule is CON(C)S(=O)(=O)c1cc(C(=O)NCc2cccc(Cl)c2)ccc1Cl. The van der Waals surface area contributed by atoms with Crippen LogP contribution in [0.4, 0.5) is 0 Å². The van der Waals surface area contributed by atoms with Crippen molar-refractivity contribution < 1.29 is 18.0 Å². The number of nitrogens with zero attached hydrogens (tertiary/aromatic N) is 1. The normalized spacial score (nSPS) is 11.6. The van der Waals surface area contributed by atoms with Crippen molar-refractivity contribution in [1.29, 1.82) is 0 Å². The van der Waals surface area contributed by atoms with Crippen LogP contribution in [0, 0.1) is 0 Å². The number of hydrogen-bond acceptors (Lipinski definition) is 4. The monoisotopic (exact) mass is 402 g/mol. The van der Waals surface area contributed by atoms with Gasteiger partial charge in [0, 0.05) is 24.2 Å². The summed E-state index contributed by atoms with van der Waals surface area (Å²) >= 11 is 11.9. The van der Waals surface area contributed by atoms with Gasteiger partial charge in [-0.1, -0.05) is 39.8 Å². The molecule has 0 aliphatic carbocycles. The Labute approximate surface area is 156 Å². The largest absolute Gasteiger partial charge is 0.348 e. The molecular weight excluding hydrogens is 387 g/mol. The van der Waals surface area contributed by atoms with Gasteiger partial charge in [-0.05, 0) is 35.9 Å². The van der Waals surface area contributed by atoms with Gasteiger partial charge in [-0.25, -0.2) is 8.42 Å². The fourth-order valence-electron chi connectivity index (χ4n) is 2.01. The van der Waals surface area contributed by atoms with Crippen molar-refractivity contribution >= 4 is 39.1 Å². The molecule has 0 heterocycles. The van der Waals surface area contributed by atoms with E-state index in [1.807, 2.05) is 6.07 Å². The molecule has 0 saturated carbocycles. The molecule has 25 heavy (non-hydrogen) atoms. The van der Waals surface area contributed by atoms with E-state index in [0.717, 1.165) is 5.56 Å². The molecule has 1 amide bonds. The average Bonchev–Trinajstić information content (AvgIpc) is 2.59. The third-order valence-electron chi connectivity index (χ3n) is 3.41. The highest BCUT2D eigenvalue weighted by molar-refractivity contribution is 7.89. The molecule has 0 aliphatic heterocycles. The topological polar surface area (TPSA) is 75.7 Å². The van der Waals surface area contributed by atoms with Gasteiger partial charge in [0.2, 0.25) is 0 Å². The van der Waals surface area contributed by atoms with Gasteiger partial charge in [0.15, 0.2) is 0 Å². The van der Waals surface area contributed by atoms with Gasteiger partial charge in [-0.15, -0.1) is 0 Å². The van der Waals surface area contributed by atoms with Gasteiger partial charge in [0.05, 0.1) is 12.1 Å². The van der Waals surface area contributed by atoms with E-state index in [-0.39, 0.29) is 22.0 Å². The van der Waals surface area contributed by atoms with Crippen LogP contribution in [0.2, 0.25) is 10.0 Å². The number of halogens is 2. The highest BCUT2D eigenvalue weighted by Crippen LogP contribution is 2.25. The summed E-state index contributed by atoms with van der Waals surface area (Å²) in [6.45, 7) is 0.252. The molecule has 0 fully saturated rings. The van der Waals surface area contributed by atoms with E-state index in [9.17, 15) is 13.2 Å². The van der Waals surface area contributed by atoms with E-state index in [1.165, 1.54) is 32.4 Å². The van der Waals surface area contributed by atoms with E-state index in [0.29, 0.717) is 9.49 Å². The van der Waals surface area contributed by atoms with E-state index >= 15 is 0 Å². The first-order valence-corrected chi connectivity index (χ1v) is 9.30. The summed E-state index contributed by atoms with van der Waals surface area (Å²) in [6, 6.07) is 11.1. The lowest BCUT2D eigenvalue weighted by atomic mass is 10.2. The smallest absolute Gasteiger partial charge is 0.266 e. The maximum Gasteiger partial charge on any atom is 0.266 e. The Morgan fingerprint density at radius 3 is 2.56 bits per heavy atom. The molecule has 0 aromatic heterocycles. The summed E-state index contributed by atoms with van der Waals surface area (Å²) in [5.41, 5.74) is 0.983. The van der Waals surface area contributed by atoms with E-state index in [1.54, 1.807) is 18.2 Å². The van der Waals surface area contributed by atoms with Crippen molar-refractivity contribution in [2.45, 2.75) is 11.4 Å². The zero-order chi connectivity index (χ0) is 18.6. The number of sulfonamides is 1. The Kier molecular flexibility index (Phi) is 6.42. The lowest BCUT2D eigenvalue weighted by molar-refractivity contribution is -0.0258. The lowest BCUT2D eigenvalue weighted by Gasteiger charge is -2.16. The van der Waals surface area contributed by atoms with Gasteiger partial charge in [0.1, 0.15) is 4.90 Å². The van der Waals surface area contributed by atoms with Crippen molar-refractivity contribution in [2.24, 2.45) is 0 Å². The van der Waals surface area contributed by atoms with E-state index < -0.39 is 15.9 Å².